The number of carbonyl (C=O) groups is 1. The largest absolute Gasteiger partial charge is 0.508 e. The van der Waals surface area contributed by atoms with Crippen LogP contribution in [-0.4, -0.2) is 27.1 Å². The molecule has 94 valence electrons. The second kappa shape index (κ2) is 5.86. The van der Waals surface area contributed by atoms with Crippen molar-refractivity contribution in [1.29, 1.82) is 0 Å². The van der Waals surface area contributed by atoms with Gasteiger partial charge in [-0.1, -0.05) is 6.07 Å². The predicted molar refractivity (Wildman–Crippen MR) is 67.3 cm³/mol. The molecule has 0 aliphatic carbocycles. The molecule has 1 amide bonds. The summed E-state index contributed by atoms with van der Waals surface area (Å²) in [5.41, 5.74) is 0.470. The summed E-state index contributed by atoms with van der Waals surface area (Å²) >= 11 is 0. The average Bonchev–Trinajstić information content (AvgIpc) is 2.87. The summed E-state index contributed by atoms with van der Waals surface area (Å²) < 4.78 is 1.96. The van der Waals surface area contributed by atoms with Crippen molar-refractivity contribution in [2.75, 3.05) is 6.54 Å². The smallest absolute Gasteiger partial charge is 0.251 e. The number of hydrogen-bond acceptors (Lipinski definition) is 3. The van der Waals surface area contributed by atoms with Crippen molar-refractivity contribution in [3.8, 4) is 5.75 Å². The molecule has 0 saturated heterocycles. The van der Waals surface area contributed by atoms with Crippen molar-refractivity contribution in [3.63, 3.8) is 0 Å². The first kappa shape index (κ1) is 12.2. The summed E-state index contributed by atoms with van der Waals surface area (Å²) in [5.74, 6) is -0.0717. The maximum atomic E-state index is 11.7. The molecule has 0 aliphatic rings. The van der Waals surface area contributed by atoms with Crippen molar-refractivity contribution in [3.05, 3.63) is 48.5 Å². The van der Waals surface area contributed by atoms with Crippen LogP contribution < -0.4 is 5.32 Å². The lowest BCUT2D eigenvalue weighted by molar-refractivity contribution is 0.0952. The van der Waals surface area contributed by atoms with Gasteiger partial charge < -0.3 is 15.0 Å². The molecule has 2 rings (SSSR count). The maximum Gasteiger partial charge on any atom is 0.251 e. The monoisotopic (exact) mass is 245 g/mol. The Labute approximate surface area is 105 Å². The molecule has 0 unspecified atom stereocenters. The van der Waals surface area contributed by atoms with Gasteiger partial charge in [-0.25, -0.2) is 4.98 Å². The Morgan fingerprint density at radius 2 is 2.33 bits per heavy atom. The minimum Gasteiger partial charge on any atom is -0.508 e. The molecule has 0 aliphatic heterocycles. The number of imidazole rings is 1. The van der Waals surface area contributed by atoms with E-state index in [2.05, 4.69) is 10.3 Å². The van der Waals surface area contributed by atoms with E-state index in [1.165, 1.54) is 12.1 Å². The highest BCUT2D eigenvalue weighted by atomic mass is 16.3. The second-order valence-electron chi connectivity index (χ2n) is 3.96. The van der Waals surface area contributed by atoms with Gasteiger partial charge in [-0.3, -0.25) is 4.79 Å². The third-order valence-corrected chi connectivity index (χ3v) is 2.55. The van der Waals surface area contributed by atoms with Gasteiger partial charge in [-0.05, 0) is 24.6 Å². The first-order chi connectivity index (χ1) is 8.75. The van der Waals surface area contributed by atoms with Crippen LogP contribution in [0.2, 0.25) is 0 Å². The van der Waals surface area contributed by atoms with Crippen LogP contribution >= 0.6 is 0 Å². The molecule has 5 nitrogen and oxygen atoms in total. The van der Waals surface area contributed by atoms with Gasteiger partial charge in [0, 0.05) is 31.0 Å². The number of phenolic OH excluding ortho intramolecular Hbond substituents is 1. The summed E-state index contributed by atoms with van der Waals surface area (Å²) in [5, 5.41) is 12.1. The summed E-state index contributed by atoms with van der Waals surface area (Å²) in [4.78, 5) is 15.7. The molecule has 2 N–H and O–H groups in total. The number of hydrogen-bond donors (Lipinski definition) is 2. The summed E-state index contributed by atoms with van der Waals surface area (Å²) in [7, 11) is 0. The highest BCUT2D eigenvalue weighted by molar-refractivity contribution is 5.94. The highest BCUT2D eigenvalue weighted by Gasteiger charge is 2.04. The van der Waals surface area contributed by atoms with Crippen LogP contribution in [-0.2, 0) is 6.54 Å². The number of aryl methyl sites for hydroxylation is 1. The van der Waals surface area contributed by atoms with Gasteiger partial charge in [0.2, 0.25) is 0 Å². The van der Waals surface area contributed by atoms with Gasteiger partial charge in [-0.2, -0.15) is 0 Å². The summed E-state index contributed by atoms with van der Waals surface area (Å²) in [6, 6.07) is 6.31. The van der Waals surface area contributed by atoms with Crippen LogP contribution in [0, 0.1) is 0 Å². The lowest BCUT2D eigenvalue weighted by Gasteiger charge is -2.06. The third kappa shape index (κ3) is 3.35. The molecular formula is C13H15N3O2. The van der Waals surface area contributed by atoms with E-state index in [1.807, 2.05) is 10.8 Å². The first-order valence-electron chi connectivity index (χ1n) is 5.79. The van der Waals surface area contributed by atoms with E-state index in [4.69, 9.17) is 0 Å². The molecule has 1 aromatic heterocycles. The zero-order chi connectivity index (χ0) is 12.8. The fourth-order valence-electron chi connectivity index (χ4n) is 1.63. The Morgan fingerprint density at radius 1 is 1.44 bits per heavy atom. The van der Waals surface area contributed by atoms with Crippen LogP contribution in [0.3, 0.4) is 0 Å². The minimum atomic E-state index is -0.170. The quantitative estimate of drug-likeness (QED) is 0.783. The number of rotatable bonds is 5. The molecule has 5 heteroatoms. The van der Waals surface area contributed by atoms with Crippen molar-refractivity contribution in [2.24, 2.45) is 0 Å². The van der Waals surface area contributed by atoms with E-state index < -0.39 is 0 Å². The number of phenols is 1. The van der Waals surface area contributed by atoms with E-state index >= 15 is 0 Å². The normalized spacial score (nSPS) is 10.2. The summed E-state index contributed by atoms with van der Waals surface area (Å²) in [6.07, 6.45) is 6.19. The standard InChI is InChI=1S/C13H15N3O2/c17-12-4-1-3-11(9-12)13(18)15-5-2-7-16-8-6-14-10-16/h1,3-4,6,8-10,17H,2,5,7H2,(H,15,18). The molecule has 0 saturated carbocycles. The van der Waals surface area contributed by atoms with E-state index in [0.29, 0.717) is 12.1 Å². The van der Waals surface area contributed by atoms with Crippen LogP contribution in [0.15, 0.2) is 43.0 Å². The lowest BCUT2D eigenvalue weighted by atomic mass is 10.2. The van der Waals surface area contributed by atoms with Gasteiger partial charge in [0.1, 0.15) is 5.75 Å². The Kier molecular flexibility index (Phi) is 3.96. The number of aromatic nitrogens is 2. The Bertz CT molecular complexity index is 509. The molecule has 0 spiro atoms. The van der Waals surface area contributed by atoms with Crippen LogP contribution in [0.1, 0.15) is 16.8 Å². The van der Waals surface area contributed by atoms with E-state index in [1.54, 1.807) is 24.7 Å². The van der Waals surface area contributed by atoms with Crippen molar-refractivity contribution < 1.29 is 9.90 Å². The maximum absolute atomic E-state index is 11.7. The molecule has 0 atom stereocenters. The highest BCUT2D eigenvalue weighted by Crippen LogP contribution is 2.10. The molecule has 0 fully saturated rings. The summed E-state index contributed by atoms with van der Waals surface area (Å²) in [6.45, 7) is 1.41. The average molecular weight is 245 g/mol. The lowest BCUT2D eigenvalue weighted by Crippen LogP contribution is -2.25. The topological polar surface area (TPSA) is 67.2 Å². The third-order valence-electron chi connectivity index (χ3n) is 2.55. The molecule has 18 heavy (non-hydrogen) atoms. The van der Waals surface area contributed by atoms with Gasteiger partial charge in [0.05, 0.1) is 6.33 Å². The predicted octanol–water partition coefficient (Wildman–Crippen LogP) is 1.41. The fourth-order valence-corrected chi connectivity index (χ4v) is 1.63. The van der Waals surface area contributed by atoms with E-state index in [9.17, 15) is 9.90 Å². The van der Waals surface area contributed by atoms with Crippen LogP contribution in [0.25, 0.3) is 0 Å². The molecular weight excluding hydrogens is 230 g/mol. The number of nitrogens with one attached hydrogen (secondary N) is 1. The molecule has 0 radical (unpaired) electrons. The number of benzene rings is 1. The van der Waals surface area contributed by atoms with Crippen molar-refractivity contribution in [1.82, 2.24) is 14.9 Å². The number of nitrogens with zero attached hydrogens (tertiary/aromatic N) is 2. The van der Waals surface area contributed by atoms with Crippen molar-refractivity contribution in [2.45, 2.75) is 13.0 Å². The first-order valence-corrected chi connectivity index (χ1v) is 5.79. The molecule has 2 aromatic rings. The Hall–Kier alpha value is -2.30. The van der Waals surface area contributed by atoms with Gasteiger partial charge in [0.25, 0.3) is 5.91 Å². The van der Waals surface area contributed by atoms with E-state index in [-0.39, 0.29) is 11.7 Å². The van der Waals surface area contributed by atoms with Gasteiger partial charge in [-0.15, -0.1) is 0 Å². The van der Waals surface area contributed by atoms with E-state index in [0.717, 1.165) is 13.0 Å². The van der Waals surface area contributed by atoms with Gasteiger partial charge >= 0.3 is 0 Å². The molecule has 1 aromatic carbocycles. The number of aromatic hydroxyl groups is 1. The van der Waals surface area contributed by atoms with Crippen LogP contribution in [0.5, 0.6) is 5.75 Å². The SMILES string of the molecule is O=C(NCCCn1ccnc1)c1cccc(O)c1. The molecule has 0 bridgehead atoms. The zero-order valence-electron chi connectivity index (χ0n) is 9.91. The zero-order valence-corrected chi connectivity index (χ0v) is 9.91. The molecule has 1 heterocycles. The number of amides is 1. The van der Waals surface area contributed by atoms with Crippen molar-refractivity contribution >= 4 is 5.91 Å². The fraction of sp³-hybridized carbons (Fsp3) is 0.231. The Balaban J connectivity index is 1.75. The van der Waals surface area contributed by atoms with Gasteiger partial charge in [0.15, 0.2) is 0 Å². The number of carbonyl (C=O) groups excluding carboxylic acids is 1. The Morgan fingerprint density at radius 3 is 3.06 bits per heavy atom. The second-order valence-corrected chi connectivity index (χ2v) is 3.96. The van der Waals surface area contributed by atoms with Crippen LogP contribution in [0.4, 0.5) is 0 Å². The minimum absolute atomic E-state index is 0.0982.